The number of rotatable bonds is 2. The quantitative estimate of drug-likeness (QED) is 0.236. The molecule has 1 aliphatic rings. The van der Waals surface area contributed by atoms with Gasteiger partial charge in [-0.2, -0.15) is 0 Å². The van der Waals surface area contributed by atoms with Gasteiger partial charge in [0.05, 0.1) is 0 Å². The molecule has 1 nitrogen and oxygen atoms in total. The van der Waals surface area contributed by atoms with Crippen molar-refractivity contribution in [3.05, 3.63) is 138 Å². The Morgan fingerprint density at radius 3 is 1.74 bits per heavy atom. The minimum Gasteiger partial charge on any atom is -0.507 e. The zero-order valence-corrected chi connectivity index (χ0v) is 21.5. The minimum atomic E-state index is -0.296. The van der Waals surface area contributed by atoms with Crippen LogP contribution in [0.3, 0.4) is 0 Å². The van der Waals surface area contributed by atoms with Gasteiger partial charge in [-0.1, -0.05) is 109 Å². The molecule has 0 unspecified atom stereocenters. The normalized spacial score (nSPS) is 14.1. The smallest absolute Gasteiger partial charge is 0.123 e. The molecule has 0 radical (unpaired) electrons. The van der Waals surface area contributed by atoms with Crippen LogP contribution in [-0.2, 0) is 5.41 Å². The van der Waals surface area contributed by atoms with Crippen LogP contribution in [0.15, 0.2) is 121 Å². The third kappa shape index (κ3) is 2.51. The maximum Gasteiger partial charge on any atom is 0.123 e. The second-order valence-corrected chi connectivity index (χ2v) is 11.2. The van der Waals surface area contributed by atoms with Crippen LogP contribution < -0.4 is 0 Å². The van der Waals surface area contributed by atoms with E-state index >= 15 is 0 Å². The lowest BCUT2D eigenvalue weighted by Crippen LogP contribution is -2.23. The van der Waals surface area contributed by atoms with Crippen molar-refractivity contribution in [2.24, 2.45) is 0 Å². The maximum atomic E-state index is 10.7. The molecule has 0 saturated heterocycles. The molecular weight excluding hydrogens is 472 g/mol. The molecule has 1 heteroatoms. The van der Waals surface area contributed by atoms with Crippen LogP contribution in [-0.4, -0.2) is 5.11 Å². The van der Waals surface area contributed by atoms with E-state index in [4.69, 9.17) is 0 Å². The molecule has 0 aromatic heterocycles. The highest BCUT2D eigenvalue weighted by atomic mass is 16.3. The van der Waals surface area contributed by atoms with Gasteiger partial charge in [0.1, 0.15) is 5.75 Å². The number of phenolic OH excluding ortho intramolecular Hbond substituents is 1. The van der Waals surface area contributed by atoms with E-state index in [2.05, 4.69) is 116 Å². The molecule has 0 amide bonds. The molecule has 182 valence electrons. The number of hydrogen-bond donors (Lipinski definition) is 1. The van der Waals surface area contributed by atoms with E-state index < -0.39 is 0 Å². The minimum absolute atomic E-state index is 0.296. The summed E-state index contributed by atoms with van der Waals surface area (Å²) in [6.07, 6.45) is 0. The van der Waals surface area contributed by atoms with Gasteiger partial charge in [0, 0.05) is 16.2 Å². The van der Waals surface area contributed by atoms with E-state index in [1.807, 2.05) is 12.1 Å². The highest BCUT2D eigenvalue weighted by Gasteiger charge is 2.40. The van der Waals surface area contributed by atoms with Crippen molar-refractivity contribution in [2.45, 2.75) is 12.3 Å². The fourth-order valence-electron chi connectivity index (χ4n) is 7.61. The van der Waals surface area contributed by atoms with E-state index in [-0.39, 0.29) is 5.41 Å². The number of aromatic hydroxyl groups is 1. The average molecular weight is 497 g/mol. The van der Waals surface area contributed by atoms with E-state index in [0.29, 0.717) is 5.75 Å². The van der Waals surface area contributed by atoms with Crippen LogP contribution in [0.2, 0.25) is 0 Å². The molecule has 1 aliphatic carbocycles. The second-order valence-electron chi connectivity index (χ2n) is 11.2. The van der Waals surface area contributed by atoms with Crippen LogP contribution in [0.4, 0.5) is 0 Å². The first-order valence-electron chi connectivity index (χ1n) is 13.6. The Bertz CT molecular complexity index is 2240. The van der Waals surface area contributed by atoms with Crippen molar-refractivity contribution in [2.75, 3.05) is 0 Å². The molecule has 0 spiro atoms. The van der Waals surface area contributed by atoms with Gasteiger partial charge in [-0.3, -0.25) is 0 Å². The SMILES string of the molecule is CC1(c2ccccc2-c2cc3ccc(O)c4ccc5cccc2c5c34)c2cccc3ccc4cccc1c4c23. The Labute approximate surface area is 225 Å². The first kappa shape index (κ1) is 21.1. The predicted octanol–water partition coefficient (Wildman–Crippen LogP) is 9.93. The molecule has 8 aromatic carbocycles. The average Bonchev–Trinajstić information content (AvgIpc) is 3.26. The third-order valence-electron chi connectivity index (χ3n) is 9.34. The summed E-state index contributed by atoms with van der Waals surface area (Å²) in [6, 6.07) is 44.0. The van der Waals surface area contributed by atoms with Gasteiger partial charge in [0.2, 0.25) is 0 Å². The lowest BCUT2D eigenvalue weighted by Gasteiger charge is -2.31. The number of phenols is 1. The molecule has 39 heavy (non-hydrogen) atoms. The summed E-state index contributed by atoms with van der Waals surface area (Å²) in [5.41, 5.74) is 6.26. The largest absolute Gasteiger partial charge is 0.507 e. The summed E-state index contributed by atoms with van der Waals surface area (Å²) in [5, 5.41) is 22.9. The molecule has 0 saturated carbocycles. The molecule has 8 aromatic rings. The zero-order chi connectivity index (χ0) is 25.9. The molecule has 0 atom stereocenters. The lowest BCUT2D eigenvalue weighted by molar-refractivity contribution is 0.482. The monoisotopic (exact) mass is 496 g/mol. The van der Waals surface area contributed by atoms with Crippen molar-refractivity contribution < 1.29 is 5.11 Å². The highest BCUT2D eigenvalue weighted by molar-refractivity contribution is 6.27. The van der Waals surface area contributed by atoms with E-state index in [0.717, 1.165) is 16.2 Å². The molecule has 9 rings (SSSR count). The maximum absolute atomic E-state index is 10.7. The standard InChI is InChI=1S/C38H24O/c1-38(31-13-5-8-23-15-16-24-9-6-14-32(38)37(24)36(23)31)30-12-3-2-10-26(30)29-21-25-18-20-33(39)28-19-17-22-7-4-11-27(29)34(22)35(25)28/h2-21,39H,1H3. The highest BCUT2D eigenvalue weighted by Crippen LogP contribution is 2.54. The second kappa shape index (κ2) is 7.15. The van der Waals surface area contributed by atoms with Gasteiger partial charge in [-0.15, -0.1) is 0 Å². The molecule has 0 heterocycles. The van der Waals surface area contributed by atoms with E-state index in [1.165, 1.54) is 65.5 Å². The first-order valence-corrected chi connectivity index (χ1v) is 13.6. The van der Waals surface area contributed by atoms with Gasteiger partial charge < -0.3 is 5.11 Å². The van der Waals surface area contributed by atoms with Crippen molar-refractivity contribution >= 4 is 53.9 Å². The van der Waals surface area contributed by atoms with E-state index in [1.54, 1.807) is 0 Å². The first-order chi connectivity index (χ1) is 19.1. The number of benzene rings is 8. The van der Waals surface area contributed by atoms with Gasteiger partial charge in [-0.25, -0.2) is 0 Å². The lowest BCUT2D eigenvalue weighted by atomic mass is 9.71. The Morgan fingerprint density at radius 1 is 0.436 bits per heavy atom. The van der Waals surface area contributed by atoms with Crippen molar-refractivity contribution in [1.29, 1.82) is 0 Å². The molecule has 0 bridgehead atoms. The molecule has 0 fully saturated rings. The van der Waals surface area contributed by atoms with Gasteiger partial charge in [0.15, 0.2) is 0 Å². The van der Waals surface area contributed by atoms with Gasteiger partial charge in [0.25, 0.3) is 0 Å². The van der Waals surface area contributed by atoms with Gasteiger partial charge in [-0.05, 0) is 90.0 Å². The predicted molar refractivity (Wildman–Crippen MR) is 164 cm³/mol. The van der Waals surface area contributed by atoms with Crippen LogP contribution in [0.25, 0.3) is 65.0 Å². The third-order valence-corrected chi connectivity index (χ3v) is 9.34. The van der Waals surface area contributed by atoms with Crippen LogP contribution in [0, 0.1) is 0 Å². The van der Waals surface area contributed by atoms with Gasteiger partial charge >= 0.3 is 0 Å². The van der Waals surface area contributed by atoms with Crippen molar-refractivity contribution in [1.82, 2.24) is 0 Å². The molecular formula is C38H24O. The fourth-order valence-corrected chi connectivity index (χ4v) is 7.61. The van der Waals surface area contributed by atoms with Crippen LogP contribution in [0.5, 0.6) is 5.75 Å². The summed E-state index contributed by atoms with van der Waals surface area (Å²) in [4.78, 5) is 0. The number of hydrogen-bond acceptors (Lipinski definition) is 1. The van der Waals surface area contributed by atoms with Crippen molar-refractivity contribution in [3.63, 3.8) is 0 Å². The summed E-state index contributed by atoms with van der Waals surface area (Å²) >= 11 is 0. The van der Waals surface area contributed by atoms with Crippen molar-refractivity contribution in [3.8, 4) is 16.9 Å². The molecule has 0 aliphatic heterocycles. The van der Waals surface area contributed by atoms with Crippen LogP contribution in [0.1, 0.15) is 23.6 Å². The topological polar surface area (TPSA) is 20.2 Å². The Kier molecular flexibility index (Phi) is 3.87. The Morgan fingerprint density at radius 2 is 1.00 bits per heavy atom. The Hall–Kier alpha value is -4.88. The molecule has 1 N–H and O–H groups in total. The Balaban J connectivity index is 1.42. The zero-order valence-electron chi connectivity index (χ0n) is 21.5. The summed E-state index contributed by atoms with van der Waals surface area (Å²) in [6.45, 7) is 2.41. The fraction of sp³-hybridized carbons (Fsp3) is 0.0526. The van der Waals surface area contributed by atoms with E-state index in [9.17, 15) is 5.11 Å². The van der Waals surface area contributed by atoms with Crippen LogP contribution >= 0.6 is 0 Å². The summed E-state index contributed by atoms with van der Waals surface area (Å²) in [7, 11) is 0. The summed E-state index contributed by atoms with van der Waals surface area (Å²) in [5.74, 6) is 0.333. The summed E-state index contributed by atoms with van der Waals surface area (Å²) < 4.78 is 0.